The fourth-order valence-corrected chi connectivity index (χ4v) is 5.13. The van der Waals surface area contributed by atoms with Crippen molar-refractivity contribution < 1.29 is 19.4 Å². The Morgan fingerprint density at radius 3 is 1.16 bits per heavy atom. The standard InChI is InChI=1S/C33H64O4/c1-3-5-7-9-11-12-13-14-15-16-17-18-20-22-24-28-31(27-23-21-19-10-8-6-4-2)37-33(36)30-26-25-29-32(34)35/h31H,3-30H2,1-2H3,(H,34,35). The first-order valence-corrected chi connectivity index (χ1v) is 16.5. The molecular weight excluding hydrogens is 460 g/mol. The van der Waals surface area contributed by atoms with Crippen molar-refractivity contribution in [3.05, 3.63) is 0 Å². The molecular formula is C33H64O4. The van der Waals surface area contributed by atoms with E-state index in [1.165, 1.54) is 128 Å². The maximum Gasteiger partial charge on any atom is 0.306 e. The Morgan fingerprint density at radius 1 is 0.486 bits per heavy atom. The second-order valence-electron chi connectivity index (χ2n) is 11.4. The highest BCUT2D eigenvalue weighted by Gasteiger charge is 2.14. The number of carboxylic acids is 1. The summed E-state index contributed by atoms with van der Waals surface area (Å²) in [6.45, 7) is 4.53. The first-order valence-electron chi connectivity index (χ1n) is 16.5. The molecule has 0 saturated heterocycles. The van der Waals surface area contributed by atoms with Crippen molar-refractivity contribution in [2.75, 3.05) is 0 Å². The molecule has 0 spiro atoms. The molecule has 0 radical (unpaired) electrons. The molecule has 4 heteroatoms. The van der Waals surface area contributed by atoms with E-state index in [1.807, 2.05) is 0 Å². The lowest BCUT2D eigenvalue weighted by Gasteiger charge is -2.18. The normalized spacial score (nSPS) is 12.1. The van der Waals surface area contributed by atoms with Gasteiger partial charge >= 0.3 is 11.9 Å². The van der Waals surface area contributed by atoms with Gasteiger partial charge in [0.15, 0.2) is 0 Å². The van der Waals surface area contributed by atoms with Gasteiger partial charge in [-0.15, -0.1) is 0 Å². The van der Waals surface area contributed by atoms with Crippen LogP contribution in [0.1, 0.15) is 194 Å². The van der Waals surface area contributed by atoms with Crippen molar-refractivity contribution in [3.63, 3.8) is 0 Å². The summed E-state index contributed by atoms with van der Waals surface area (Å²) in [7, 11) is 0. The predicted molar refractivity (Wildman–Crippen MR) is 158 cm³/mol. The van der Waals surface area contributed by atoms with E-state index in [2.05, 4.69) is 13.8 Å². The third-order valence-electron chi connectivity index (χ3n) is 7.58. The topological polar surface area (TPSA) is 63.6 Å². The summed E-state index contributed by atoms with van der Waals surface area (Å²) in [5.41, 5.74) is 0. The molecule has 0 aromatic rings. The Morgan fingerprint density at radius 2 is 0.811 bits per heavy atom. The van der Waals surface area contributed by atoms with Gasteiger partial charge in [-0.1, -0.05) is 142 Å². The van der Waals surface area contributed by atoms with E-state index >= 15 is 0 Å². The number of carboxylic acid groups (broad SMARTS) is 1. The maximum absolute atomic E-state index is 12.3. The van der Waals surface area contributed by atoms with Crippen LogP contribution in [0.5, 0.6) is 0 Å². The molecule has 0 aromatic carbocycles. The van der Waals surface area contributed by atoms with Crippen LogP contribution in [0.25, 0.3) is 0 Å². The highest BCUT2D eigenvalue weighted by Crippen LogP contribution is 2.19. The molecule has 220 valence electrons. The minimum atomic E-state index is -0.793. The molecule has 0 aliphatic carbocycles. The summed E-state index contributed by atoms with van der Waals surface area (Å²) in [6, 6.07) is 0. The predicted octanol–water partition coefficient (Wildman–Crippen LogP) is 10.9. The van der Waals surface area contributed by atoms with E-state index in [0.717, 1.165) is 25.7 Å². The summed E-state index contributed by atoms with van der Waals surface area (Å²) in [5.74, 6) is -0.933. The van der Waals surface area contributed by atoms with Crippen LogP contribution in [0.2, 0.25) is 0 Å². The molecule has 37 heavy (non-hydrogen) atoms. The Bertz CT molecular complexity index is 491. The zero-order valence-electron chi connectivity index (χ0n) is 25.0. The van der Waals surface area contributed by atoms with Crippen LogP contribution in [-0.2, 0) is 14.3 Å². The molecule has 4 nitrogen and oxygen atoms in total. The molecule has 0 aliphatic heterocycles. The molecule has 0 heterocycles. The smallest absolute Gasteiger partial charge is 0.306 e. The molecule has 0 aromatic heterocycles. The molecule has 0 saturated carbocycles. The fourth-order valence-electron chi connectivity index (χ4n) is 5.13. The fraction of sp³-hybridized carbons (Fsp3) is 0.939. The van der Waals surface area contributed by atoms with Gasteiger partial charge in [-0.25, -0.2) is 0 Å². The second-order valence-corrected chi connectivity index (χ2v) is 11.4. The van der Waals surface area contributed by atoms with Crippen LogP contribution < -0.4 is 0 Å². The quantitative estimate of drug-likeness (QED) is 0.0749. The zero-order valence-corrected chi connectivity index (χ0v) is 25.0. The van der Waals surface area contributed by atoms with Gasteiger partial charge < -0.3 is 9.84 Å². The summed E-state index contributed by atoms with van der Waals surface area (Å²) in [4.78, 5) is 23.0. The summed E-state index contributed by atoms with van der Waals surface area (Å²) < 4.78 is 5.84. The average Bonchev–Trinajstić information content (AvgIpc) is 2.88. The monoisotopic (exact) mass is 524 g/mol. The SMILES string of the molecule is CCCCCCCCCCCCCCCCCC(CCCCCCCCC)OC(=O)CCCCC(=O)O. The highest BCUT2D eigenvalue weighted by molar-refractivity contribution is 5.70. The van der Waals surface area contributed by atoms with Crippen LogP contribution in [0.3, 0.4) is 0 Å². The Labute approximate surface area is 231 Å². The van der Waals surface area contributed by atoms with E-state index < -0.39 is 5.97 Å². The van der Waals surface area contributed by atoms with Crippen LogP contribution in [0.15, 0.2) is 0 Å². The van der Waals surface area contributed by atoms with Crippen LogP contribution in [-0.4, -0.2) is 23.1 Å². The van der Waals surface area contributed by atoms with E-state index in [9.17, 15) is 9.59 Å². The minimum Gasteiger partial charge on any atom is -0.481 e. The lowest BCUT2D eigenvalue weighted by Crippen LogP contribution is -2.18. The average molecular weight is 525 g/mol. The molecule has 0 amide bonds. The van der Waals surface area contributed by atoms with Gasteiger partial charge in [-0.3, -0.25) is 9.59 Å². The molecule has 1 N–H and O–H groups in total. The summed E-state index contributed by atoms with van der Waals surface area (Å²) in [6.07, 6.45) is 33.0. The van der Waals surface area contributed by atoms with Gasteiger partial charge in [0.05, 0.1) is 0 Å². The van der Waals surface area contributed by atoms with Crippen LogP contribution in [0, 0.1) is 0 Å². The number of esters is 1. The number of aliphatic carboxylic acids is 1. The number of carbonyl (C=O) groups excluding carboxylic acids is 1. The van der Waals surface area contributed by atoms with Crippen molar-refractivity contribution >= 4 is 11.9 Å². The minimum absolute atomic E-state index is 0.0459. The van der Waals surface area contributed by atoms with Gasteiger partial charge in [0.2, 0.25) is 0 Å². The lowest BCUT2D eigenvalue weighted by atomic mass is 10.0. The maximum atomic E-state index is 12.3. The number of hydrogen-bond donors (Lipinski definition) is 1. The Hall–Kier alpha value is -1.06. The number of unbranched alkanes of at least 4 members (excludes halogenated alkanes) is 21. The van der Waals surface area contributed by atoms with E-state index in [1.54, 1.807) is 0 Å². The first kappa shape index (κ1) is 35.9. The molecule has 0 rings (SSSR count). The third-order valence-corrected chi connectivity index (χ3v) is 7.58. The number of carbonyl (C=O) groups is 2. The second kappa shape index (κ2) is 29.5. The van der Waals surface area contributed by atoms with Gasteiger partial charge in [-0.05, 0) is 38.5 Å². The number of hydrogen-bond acceptors (Lipinski definition) is 3. The van der Waals surface area contributed by atoms with E-state index in [4.69, 9.17) is 9.84 Å². The van der Waals surface area contributed by atoms with Crippen molar-refractivity contribution in [1.82, 2.24) is 0 Å². The number of ether oxygens (including phenoxy) is 1. The van der Waals surface area contributed by atoms with Gasteiger partial charge in [0.25, 0.3) is 0 Å². The third kappa shape index (κ3) is 29.4. The van der Waals surface area contributed by atoms with Gasteiger partial charge in [0.1, 0.15) is 6.10 Å². The molecule has 0 fully saturated rings. The largest absolute Gasteiger partial charge is 0.481 e. The van der Waals surface area contributed by atoms with E-state index in [-0.39, 0.29) is 18.5 Å². The molecule has 1 unspecified atom stereocenters. The Balaban J connectivity index is 3.89. The molecule has 0 bridgehead atoms. The first-order chi connectivity index (χ1) is 18.1. The Kier molecular flexibility index (Phi) is 28.7. The van der Waals surface area contributed by atoms with Crippen molar-refractivity contribution in [1.29, 1.82) is 0 Å². The summed E-state index contributed by atoms with van der Waals surface area (Å²) in [5, 5.41) is 8.76. The zero-order chi connectivity index (χ0) is 27.2. The van der Waals surface area contributed by atoms with Crippen LogP contribution >= 0.6 is 0 Å². The molecule has 1 atom stereocenters. The summed E-state index contributed by atoms with van der Waals surface area (Å²) >= 11 is 0. The molecule has 0 aliphatic rings. The van der Waals surface area contributed by atoms with Crippen molar-refractivity contribution in [3.8, 4) is 0 Å². The highest BCUT2D eigenvalue weighted by atomic mass is 16.5. The van der Waals surface area contributed by atoms with Gasteiger partial charge in [0, 0.05) is 12.8 Å². The van der Waals surface area contributed by atoms with Crippen molar-refractivity contribution in [2.24, 2.45) is 0 Å². The van der Waals surface area contributed by atoms with Gasteiger partial charge in [-0.2, -0.15) is 0 Å². The van der Waals surface area contributed by atoms with Crippen LogP contribution in [0.4, 0.5) is 0 Å². The lowest BCUT2D eigenvalue weighted by molar-refractivity contribution is -0.150. The van der Waals surface area contributed by atoms with E-state index in [0.29, 0.717) is 19.3 Å². The number of rotatable bonds is 30. The van der Waals surface area contributed by atoms with Crippen molar-refractivity contribution in [2.45, 2.75) is 200 Å².